The highest BCUT2D eigenvalue weighted by molar-refractivity contribution is 6.33. The molecule has 0 spiro atoms. The SMILES string of the molecule is N#Cc1ccc(Nc2cc(C(F)(F)F)ncc2N)c(Cl)c1. The summed E-state index contributed by atoms with van der Waals surface area (Å²) in [6, 6.07) is 7.06. The number of nitriles is 1. The van der Waals surface area contributed by atoms with Crippen LogP contribution in [-0.4, -0.2) is 4.98 Å². The van der Waals surface area contributed by atoms with Gasteiger partial charge in [0.25, 0.3) is 0 Å². The summed E-state index contributed by atoms with van der Waals surface area (Å²) in [4.78, 5) is 3.24. The van der Waals surface area contributed by atoms with Gasteiger partial charge in [-0.3, -0.25) is 0 Å². The van der Waals surface area contributed by atoms with Crippen molar-refractivity contribution < 1.29 is 13.2 Å². The Kier molecular flexibility index (Phi) is 3.91. The average molecular weight is 313 g/mol. The molecule has 2 rings (SSSR count). The molecule has 0 radical (unpaired) electrons. The zero-order chi connectivity index (χ0) is 15.6. The second kappa shape index (κ2) is 5.50. The number of pyridine rings is 1. The van der Waals surface area contributed by atoms with E-state index in [-0.39, 0.29) is 16.4 Å². The quantitative estimate of drug-likeness (QED) is 0.880. The molecule has 21 heavy (non-hydrogen) atoms. The van der Waals surface area contributed by atoms with Crippen molar-refractivity contribution in [3.63, 3.8) is 0 Å². The first kappa shape index (κ1) is 14.9. The van der Waals surface area contributed by atoms with E-state index in [1.165, 1.54) is 18.2 Å². The molecule has 1 aromatic carbocycles. The molecule has 0 aliphatic carbocycles. The minimum absolute atomic E-state index is 0.0314. The molecule has 3 N–H and O–H groups in total. The molecule has 1 heterocycles. The number of aromatic nitrogens is 1. The van der Waals surface area contributed by atoms with Crippen LogP contribution in [0, 0.1) is 11.3 Å². The van der Waals surface area contributed by atoms with Crippen LogP contribution in [0.25, 0.3) is 0 Å². The van der Waals surface area contributed by atoms with Crippen LogP contribution in [0.1, 0.15) is 11.3 Å². The molecule has 0 saturated carbocycles. The molecule has 4 nitrogen and oxygen atoms in total. The van der Waals surface area contributed by atoms with Crippen molar-refractivity contribution in [2.45, 2.75) is 6.18 Å². The summed E-state index contributed by atoms with van der Waals surface area (Å²) in [5.74, 6) is 0. The van der Waals surface area contributed by atoms with Gasteiger partial charge < -0.3 is 11.1 Å². The third-order valence-corrected chi connectivity index (χ3v) is 2.91. The molecule has 0 unspecified atom stereocenters. The fraction of sp³-hybridized carbons (Fsp3) is 0.0769. The number of hydrogen-bond donors (Lipinski definition) is 2. The number of benzene rings is 1. The van der Waals surface area contributed by atoms with Crippen molar-refractivity contribution in [2.75, 3.05) is 11.1 Å². The predicted octanol–water partition coefficient (Wildman–Crippen LogP) is 3.95. The maximum Gasteiger partial charge on any atom is 0.433 e. The molecule has 0 aliphatic rings. The van der Waals surface area contributed by atoms with Crippen LogP contribution < -0.4 is 11.1 Å². The lowest BCUT2D eigenvalue weighted by Gasteiger charge is -2.13. The van der Waals surface area contributed by atoms with Gasteiger partial charge in [-0.1, -0.05) is 11.6 Å². The van der Waals surface area contributed by atoms with Gasteiger partial charge in [-0.25, -0.2) is 4.98 Å². The summed E-state index contributed by atoms with van der Waals surface area (Å²) in [5, 5.41) is 11.6. The lowest BCUT2D eigenvalue weighted by molar-refractivity contribution is -0.141. The third kappa shape index (κ3) is 3.35. The Morgan fingerprint density at radius 3 is 2.52 bits per heavy atom. The van der Waals surface area contributed by atoms with E-state index in [1.54, 1.807) is 0 Å². The van der Waals surface area contributed by atoms with E-state index in [2.05, 4.69) is 10.3 Å². The monoisotopic (exact) mass is 312 g/mol. The molecule has 0 amide bonds. The van der Waals surface area contributed by atoms with Crippen LogP contribution in [0.4, 0.5) is 30.2 Å². The minimum Gasteiger partial charge on any atom is -0.396 e. The Morgan fingerprint density at radius 1 is 1.24 bits per heavy atom. The summed E-state index contributed by atoms with van der Waals surface area (Å²) < 4.78 is 37.9. The van der Waals surface area contributed by atoms with E-state index in [0.29, 0.717) is 11.3 Å². The molecule has 0 bridgehead atoms. The lowest BCUT2D eigenvalue weighted by atomic mass is 10.2. The molecular weight excluding hydrogens is 305 g/mol. The second-order valence-electron chi connectivity index (χ2n) is 4.09. The number of hydrogen-bond acceptors (Lipinski definition) is 4. The molecule has 0 atom stereocenters. The number of alkyl halides is 3. The highest BCUT2D eigenvalue weighted by Gasteiger charge is 2.33. The highest BCUT2D eigenvalue weighted by Crippen LogP contribution is 2.33. The van der Waals surface area contributed by atoms with E-state index in [4.69, 9.17) is 22.6 Å². The molecule has 108 valence electrons. The molecule has 0 saturated heterocycles. The van der Waals surface area contributed by atoms with Gasteiger partial charge in [0.2, 0.25) is 0 Å². The van der Waals surface area contributed by atoms with Crippen LogP contribution >= 0.6 is 11.6 Å². The number of anilines is 3. The summed E-state index contributed by atoms with van der Waals surface area (Å²) >= 11 is 5.95. The van der Waals surface area contributed by atoms with Crippen LogP contribution in [0.5, 0.6) is 0 Å². The largest absolute Gasteiger partial charge is 0.433 e. The van der Waals surface area contributed by atoms with Crippen LogP contribution in [0.3, 0.4) is 0 Å². The Balaban J connectivity index is 2.38. The molecule has 2 aromatic rings. The summed E-state index contributed by atoms with van der Waals surface area (Å²) in [7, 11) is 0. The molecule has 0 fully saturated rings. The molecule has 8 heteroatoms. The average Bonchev–Trinajstić information content (AvgIpc) is 2.42. The van der Waals surface area contributed by atoms with E-state index in [9.17, 15) is 13.2 Å². The number of nitrogens with one attached hydrogen (secondary N) is 1. The fourth-order valence-corrected chi connectivity index (χ4v) is 1.79. The number of nitrogen functional groups attached to an aromatic ring is 1. The minimum atomic E-state index is -4.57. The lowest BCUT2D eigenvalue weighted by Crippen LogP contribution is -2.09. The highest BCUT2D eigenvalue weighted by atomic mass is 35.5. The van der Waals surface area contributed by atoms with E-state index >= 15 is 0 Å². The first-order valence-corrected chi connectivity index (χ1v) is 5.98. The van der Waals surface area contributed by atoms with Gasteiger partial charge in [-0.05, 0) is 24.3 Å². The number of rotatable bonds is 2. The standard InChI is InChI=1S/C13H8ClF3N4/c14-8-3-7(5-18)1-2-10(8)21-11-4-12(13(15,16)17)20-6-9(11)19/h1-4,6H,19H2,(H,20,21). The van der Waals surface area contributed by atoms with E-state index < -0.39 is 11.9 Å². The van der Waals surface area contributed by atoms with Gasteiger partial charge in [0, 0.05) is 0 Å². The van der Waals surface area contributed by atoms with Crippen molar-refractivity contribution in [1.82, 2.24) is 4.98 Å². The van der Waals surface area contributed by atoms with Gasteiger partial charge in [0.1, 0.15) is 5.69 Å². The Labute approximate surface area is 123 Å². The number of halogens is 4. The van der Waals surface area contributed by atoms with Crippen LogP contribution in [0.15, 0.2) is 30.5 Å². The van der Waals surface area contributed by atoms with Gasteiger partial charge >= 0.3 is 6.18 Å². The summed E-state index contributed by atoms with van der Waals surface area (Å²) in [5.41, 5.74) is 5.28. The first-order valence-electron chi connectivity index (χ1n) is 5.60. The van der Waals surface area contributed by atoms with Crippen molar-refractivity contribution in [2.24, 2.45) is 0 Å². The summed E-state index contributed by atoms with van der Waals surface area (Å²) in [6.45, 7) is 0. The number of nitrogens with two attached hydrogens (primary N) is 1. The topological polar surface area (TPSA) is 74.7 Å². The van der Waals surface area contributed by atoms with Crippen molar-refractivity contribution in [3.8, 4) is 6.07 Å². The molecule has 0 aliphatic heterocycles. The maximum atomic E-state index is 12.6. The van der Waals surface area contributed by atoms with Crippen molar-refractivity contribution >= 4 is 28.7 Å². The zero-order valence-corrected chi connectivity index (χ0v) is 11.1. The Hall–Kier alpha value is -2.46. The second-order valence-corrected chi connectivity index (χ2v) is 4.49. The van der Waals surface area contributed by atoms with Gasteiger partial charge in [-0.2, -0.15) is 18.4 Å². The smallest absolute Gasteiger partial charge is 0.396 e. The molecule has 1 aromatic heterocycles. The summed E-state index contributed by atoms with van der Waals surface area (Å²) in [6.07, 6.45) is -3.65. The zero-order valence-electron chi connectivity index (χ0n) is 10.4. The van der Waals surface area contributed by atoms with Crippen LogP contribution in [-0.2, 0) is 6.18 Å². The van der Waals surface area contributed by atoms with Crippen molar-refractivity contribution in [1.29, 1.82) is 5.26 Å². The Bertz CT molecular complexity index is 722. The van der Waals surface area contributed by atoms with Crippen molar-refractivity contribution in [3.05, 3.63) is 46.7 Å². The Morgan fingerprint density at radius 2 is 1.95 bits per heavy atom. The number of nitrogens with zero attached hydrogens (tertiary/aromatic N) is 2. The maximum absolute atomic E-state index is 12.6. The van der Waals surface area contributed by atoms with Gasteiger partial charge in [-0.15, -0.1) is 0 Å². The van der Waals surface area contributed by atoms with Gasteiger partial charge in [0.05, 0.1) is 39.9 Å². The van der Waals surface area contributed by atoms with Crippen LogP contribution in [0.2, 0.25) is 5.02 Å². The first-order chi connectivity index (χ1) is 9.81. The van der Waals surface area contributed by atoms with Gasteiger partial charge in [0.15, 0.2) is 0 Å². The fourth-order valence-electron chi connectivity index (χ4n) is 1.56. The van der Waals surface area contributed by atoms with E-state index in [0.717, 1.165) is 12.3 Å². The van der Waals surface area contributed by atoms with E-state index in [1.807, 2.05) is 6.07 Å². The normalized spacial score (nSPS) is 11.0. The third-order valence-electron chi connectivity index (χ3n) is 2.59. The predicted molar refractivity (Wildman–Crippen MR) is 73.1 cm³/mol. The molecular formula is C13H8ClF3N4.